The zero-order valence-electron chi connectivity index (χ0n) is 48.4. The highest BCUT2D eigenvalue weighted by Gasteiger charge is 2.18. The predicted molar refractivity (Wildman–Crippen MR) is 315 cm³/mol. The minimum atomic E-state index is -0.843. The number of unbranched alkanes of at least 4 members (excludes halogenated alkanes) is 45. The largest absolute Gasteiger partial charge is 0.466 e. The molecule has 0 aromatic rings. The minimum absolute atomic E-state index is 0.0156. The summed E-state index contributed by atoms with van der Waals surface area (Å²) in [6.07, 6.45) is 77.9. The van der Waals surface area contributed by atoms with E-state index in [4.69, 9.17) is 4.74 Å². The lowest BCUT2D eigenvalue weighted by Crippen LogP contribution is -2.45. The summed E-state index contributed by atoms with van der Waals surface area (Å²) in [6.45, 7) is 4.89. The fourth-order valence-corrected chi connectivity index (χ4v) is 9.96. The lowest BCUT2D eigenvalue weighted by Gasteiger charge is -2.20. The first-order valence-corrected chi connectivity index (χ1v) is 32.3. The average molecular weight is 1010 g/mol. The van der Waals surface area contributed by atoms with E-state index in [1.165, 1.54) is 276 Å². The molecule has 2 atom stereocenters. The van der Waals surface area contributed by atoms with E-state index in [1.807, 2.05) is 6.08 Å². The third-order valence-corrected chi connectivity index (χ3v) is 14.9. The van der Waals surface area contributed by atoms with Crippen LogP contribution in [0.5, 0.6) is 0 Å². The van der Waals surface area contributed by atoms with Gasteiger partial charge in [0.1, 0.15) is 0 Å². The predicted octanol–water partition coefficient (Wildman–Crippen LogP) is 20.4. The van der Waals surface area contributed by atoms with Gasteiger partial charge in [0.15, 0.2) is 0 Å². The molecule has 72 heavy (non-hydrogen) atoms. The monoisotopic (exact) mass is 1010 g/mol. The maximum absolute atomic E-state index is 12.4. The number of allylic oxidation sites excluding steroid dienone is 5. The molecular weight excluding hydrogens is 887 g/mol. The van der Waals surface area contributed by atoms with E-state index >= 15 is 0 Å². The number of hydrogen-bond donors (Lipinski definition) is 3. The maximum Gasteiger partial charge on any atom is 0.305 e. The number of esters is 1. The molecule has 3 N–H and O–H groups in total. The molecule has 0 aliphatic rings. The number of rotatable bonds is 60. The molecule has 0 saturated heterocycles. The van der Waals surface area contributed by atoms with Crippen molar-refractivity contribution >= 4 is 11.9 Å². The zero-order valence-corrected chi connectivity index (χ0v) is 48.4. The Balaban J connectivity index is 3.37. The van der Waals surface area contributed by atoms with Crippen molar-refractivity contribution in [3.63, 3.8) is 0 Å². The molecule has 0 bridgehead atoms. The summed E-state index contributed by atoms with van der Waals surface area (Å²) in [5.74, 6) is -0.0555. The topological polar surface area (TPSA) is 95.9 Å². The Morgan fingerprint density at radius 1 is 0.389 bits per heavy atom. The first-order valence-electron chi connectivity index (χ1n) is 32.3. The fourth-order valence-electron chi connectivity index (χ4n) is 9.96. The summed E-state index contributed by atoms with van der Waals surface area (Å²) in [6, 6.07) is -0.626. The first kappa shape index (κ1) is 70.1. The van der Waals surface area contributed by atoms with Gasteiger partial charge < -0.3 is 20.3 Å². The van der Waals surface area contributed by atoms with Gasteiger partial charge in [-0.25, -0.2) is 0 Å². The van der Waals surface area contributed by atoms with Gasteiger partial charge in [-0.05, 0) is 64.2 Å². The molecule has 1 amide bonds. The van der Waals surface area contributed by atoms with Crippen LogP contribution in [0.2, 0.25) is 0 Å². The number of hydrogen-bond acceptors (Lipinski definition) is 5. The van der Waals surface area contributed by atoms with Crippen LogP contribution in [0.1, 0.15) is 348 Å². The molecular formula is C66H125NO5. The standard InChI is InChI=1S/C66H125NO5/c1-3-5-7-9-11-13-14-15-16-30-34-37-40-44-48-52-56-60-66(71)72-61-57-53-49-45-41-38-35-32-29-27-25-23-21-19-17-18-20-22-24-26-28-31-33-36-39-43-47-51-55-59-65(70)67-63(62-68)64(69)58-54-50-46-42-12-10-8-6-4-2/h17,19,23,25,54,58,63-64,68-69H,3-16,18,20-22,24,26-53,55-57,59-62H2,1-2H3,(H,67,70)/b19-17-,25-23-,58-54+. The Hall–Kier alpha value is -1.92. The molecule has 0 aliphatic heterocycles. The number of ether oxygens (including phenoxy) is 1. The summed E-state index contributed by atoms with van der Waals surface area (Å²) in [4.78, 5) is 24.5. The van der Waals surface area contributed by atoms with Gasteiger partial charge in [0.25, 0.3) is 0 Å². The summed E-state index contributed by atoms with van der Waals surface area (Å²) in [7, 11) is 0. The Bertz CT molecular complexity index is 1170. The van der Waals surface area contributed by atoms with Crippen molar-refractivity contribution in [3.8, 4) is 0 Å². The highest BCUT2D eigenvalue weighted by Crippen LogP contribution is 2.17. The molecule has 0 heterocycles. The molecule has 0 spiro atoms. The molecule has 6 nitrogen and oxygen atoms in total. The average Bonchev–Trinajstić information content (AvgIpc) is 3.38. The molecule has 424 valence electrons. The zero-order chi connectivity index (χ0) is 52.2. The van der Waals surface area contributed by atoms with E-state index in [0.29, 0.717) is 19.4 Å². The van der Waals surface area contributed by atoms with Crippen LogP contribution in [0.3, 0.4) is 0 Å². The van der Waals surface area contributed by atoms with Crippen molar-refractivity contribution < 1.29 is 24.5 Å². The van der Waals surface area contributed by atoms with Crippen LogP contribution in [0.15, 0.2) is 36.5 Å². The van der Waals surface area contributed by atoms with Gasteiger partial charge in [-0.15, -0.1) is 0 Å². The minimum Gasteiger partial charge on any atom is -0.466 e. The van der Waals surface area contributed by atoms with Crippen molar-refractivity contribution in [1.82, 2.24) is 5.32 Å². The van der Waals surface area contributed by atoms with Crippen LogP contribution < -0.4 is 5.32 Å². The molecule has 0 radical (unpaired) electrons. The number of carbonyl (C=O) groups is 2. The van der Waals surface area contributed by atoms with Gasteiger partial charge in [-0.1, -0.05) is 307 Å². The quantitative estimate of drug-likeness (QED) is 0.0320. The Morgan fingerprint density at radius 3 is 1.06 bits per heavy atom. The van der Waals surface area contributed by atoms with Crippen molar-refractivity contribution in [2.24, 2.45) is 0 Å². The number of amides is 1. The van der Waals surface area contributed by atoms with Crippen molar-refractivity contribution in [2.75, 3.05) is 13.2 Å². The summed E-state index contributed by atoms with van der Waals surface area (Å²) in [5, 5.41) is 22.9. The Kier molecular flexibility index (Phi) is 60.0. The van der Waals surface area contributed by atoms with E-state index in [2.05, 4.69) is 43.5 Å². The van der Waals surface area contributed by atoms with E-state index in [0.717, 1.165) is 44.9 Å². The van der Waals surface area contributed by atoms with Crippen LogP contribution in [-0.4, -0.2) is 47.4 Å². The van der Waals surface area contributed by atoms with Gasteiger partial charge in [-0.3, -0.25) is 9.59 Å². The van der Waals surface area contributed by atoms with E-state index in [-0.39, 0.29) is 18.5 Å². The van der Waals surface area contributed by atoms with Crippen molar-refractivity contribution in [2.45, 2.75) is 360 Å². The van der Waals surface area contributed by atoms with Crippen LogP contribution in [0.25, 0.3) is 0 Å². The second kappa shape index (κ2) is 61.6. The molecule has 0 rings (SSSR count). The molecule has 6 heteroatoms. The van der Waals surface area contributed by atoms with Crippen LogP contribution in [-0.2, 0) is 14.3 Å². The van der Waals surface area contributed by atoms with Crippen LogP contribution in [0, 0.1) is 0 Å². The fraction of sp³-hybridized carbons (Fsp3) is 0.879. The lowest BCUT2D eigenvalue weighted by molar-refractivity contribution is -0.143. The summed E-state index contributed by atoms with van der Waals surface area (Å²) < 4.78 is 5.50. The number of aliphatic hydroxyl groups excluding tert-OH is 2. The number of aliphatic hydroxyl groups is 2. The molecule has 0 aromatic carbocycles. The lowest BCUT2D eigenvalue weighted by atomic mass is 10.0. The van der Waals surface area contributed by atoms with Gasteiger partial charge in [0.2, 0.25) is 5.91 Å². The normalized spacial score (nSPS) is 12.8. The third kappa shape index (κ3) is 57.4. The molecule has 0 fully saturated rings. The molecule has 0 aromatic heterocycles. The molecule has 0 aliphatic carbocycles. The Morgan fingerprint density at radius 2 is 0.694 bits per heavy atom. The highest BCUT2D eigenvalue weighted by atomic mass is 16.5. The van der Waals surface area contributed by atoms with Gasteiger partial charge in [0, 0.05) is 12.8 Å². The molecule has 0 saturated carbocycles. The van der Waals surface area contributed by atoms with Crippen LogP contribution >= 0.6 is 0 Å². The SMILES string of the molecule is CCCCCCCCC/C=C/C(O)C(CO)NC(=O)CCCCCCCCCCCCCCC/C=C\C/C=C\CCCCCCCCCCCOC(=O)CCCCCCCCCCCCCCCCCCC. The molecule has 2 unspecified atom stereocenters. The second-order valence-electron chi connectivity index (χ2n) is 22.1. The third-order valence-electron chi connectivity index (χ3n) is 14.9. The highest BCUT2D eigenvalue weighted by molar-refractivity contribution is 5.76. The van der Waals surface area contributed by atoms with Gasteiger partial charge in [-0.2, -0.15) is 0 Å². The maximum atomic E-state index is 12.4. The van der Waals surface area contributed by atoms with Crippen molar-refractivity contribution in [3.05, 3.63) is 36.5 Å². The van der Waals surface area contributed by atoms with Crippen molar-refractivity contribution in [1.29, 1.82) is 0 Å². The van der Waals surface area contributed by atoms with Gasteiger partial charge >= 0.3 is 5.97 Å². The number of nitrogens with one attached hydrogen (secondary N) is 1. The first-order chi connectivity index (χ1) is 35.5. The van der Waals surface area contributed by atoms with E-state index in [1.54, 1.807) is 6.08 Å². The van der Waals surface area contributed by atoms with Crippen LogP contribution in [0.4, 0.5) is 0 Å². The Labute approximate surface area is 449 Å². The van der Waals surface area contributed by atoms with E-state index in [9.17, 15) is 19.8 Å². The smallest absolute Gasteiger partial charge is 0.305 e. The van der Waals surface area contributed by atoms with E-state index < -0.39 is 12.1 Å². The summed E-state index contributed by atoms with van der Waals surface area (Å²) in [5.41, 5.74) is 0. The summed E-state index contributed by atoms with van der Waals surface area (Å²) >= 11 is 0. The number of carbonyl (C=O) groups excluding carboxylic acids is 2. The second-order valence-corrected chi connectivity index (χ2v) is 22.1. The van der Waals surface area contributed by atoms with Gasteiger partial charge in [0.05, 0.1) is 25.4 Å².